The molecular formula is C11H15Cl2NO3S. The molecule has 0 radical (unpaired) electrons. The molecule has 4 nitrogen and oxygen atoms in total. The van der Waals surface area contributed by atoms with Crippen molar-refractivity contribution in [3.63, 3.8) is 0 Å². The van der Waals surface area contributed by atoms with E-state index in [1.165, 1.54) is 22.5 Å². The highest BCUT2D eigenvalue weighted by Crippen LogP contribution is 2.24. The zero-order chi connectivity index (χ0) is 13.8. The number of benzene rings is 1. The fourth-order valence-electron chi connectivity index (χ4n) is 1.54. The molecule has 0 spiro atoms. The van der Waals surface area contributed by atoms with E-state index in [-0.39, 0.29) is 28.1 Å². The van der Waals surface area contributed by atoms with Gasteiger partial charge in [-0.25, -0.2) is 8.42 Å². The molecule has 0 unspecified atom stereocenters. The first-order chi connectivity index (χ1) is 8.41. The van der Waals surface area contributed by atoms with Crippen LogP contribution in [0.5, 0.6) is 0 Å². The van der Waals surface area contributed by atoms with Crippen LogP contribution in [0.2, 0.25) is 10.0 Å². The summed E-state index contributed by atoms with van der Waals surface area (Å²) < 4.78 is 25.8. The van der Waals surface area contributed by atoms with E-state index in [0.717, 1.165) is 0 Å². The Balaban J connectivity index is 3.17. The number of hydrogen-bond acceptors (Lipinski definition) is 3. The molecule has 0 aliphatic carbocycles. The molecule has 0 saturated carbocycles. The molecule has 1 aromatic carbocycles. The first kappa shape index (κ1) is 15.7. The summed E-state index contributed by atoms with van der Waals surface area (Å²) in [7, 11) is -3.67. The van der Waals surface area contributed by atoms with Gasteiger partial charge in [0.1, 0.15) is 0 Å². The van der Waals surface area contributed by atoms with E-state index < -0.39 is 10.0 Å². The third-order valence-electron chi connectivity index (χ3n) is 2.30. The highest BCUT2D eigenvalue weighted by atomic mass is 35.5. The van der Waals surface area contributed by atoms with E-state index in [2.05, 4.69) is 0 Å². The third kappa shape index (κ3) is 3.83. The van der Waals surface area contributed by atoms with E-state index >= 15 is 0 Å². The topological polar surface area (TPSA) is 57.6 Å². The minimum Gasteiger partial charge on any atom is -0.395 e. The molecule has 1 aromatic rings. The molecule has 1 rings (SSSR count). The lowest BCUT2D eigenvalue weighted by atomic mass is 10.4. The van der Waals surface area contributed by atoms with Crippen molar-refractivity contribution in [3.8, 4) is 0 Å². The van der Waals surface area contributed by atoms with Crippen LogP contribution in [0.3, 0.4) is 0 Å². The lowest BCUT2D eigenvalue weighted by molar-refractivity contribution is 0.253. The Morgan fingerprint density at radius 1 is 1.17 bits per heavy atom. The molecule has 0 bridgehead atoms. The van der Waals surface area contributed by atoms with Crippen LogP contribution in [0.4, 0.5) is 0 Å². The molecule has 0 saturated heterocycles. The molecule has 102 valence electrons. The van der Waals surface area contributed by atoms with Crippen molar-refractivity contribution >= 4 is 33.2 Å². The van der Waals surface area contributed by atoms with Crippen LogP contribution in [-0.4, -0.2) is 37.5 Å². The van der Waals surface area contributed by atoms with Crippen LogP contribution in [0, 0.1) is 0 Å². The first-order valence-electron chi connectivity index (χ1n) is 5.49. The van der Waals surface area contributed by atoms with Gasteiger partial charge in [-0.2, -0.15) is 4.31 Å². The van der Waals surface area contributed by atoms with Gasteiger partial charge in [0.2, 0.25) is 10.0 Å². The summed E-state index contributed by atoms with van der Waals surface area (Å²) in [6.07, 6.45) is 0.660. The van der Waals surface area contributed by atoms with Gasteiger partial charge < -0.3 is 5.11 Å². The summed E-state index contributed by atoms with van der Waals surface area (Å²) in [6, 6.07) is 4.17. The number of aliphatic hydroxyl groups excluding tert-OH is 1. The summed E-state index contributed by atoms with van der Waals surface area (Å²) in [5, 5.41) is 9.46. The zero-order valence-corrected chi connectivity index (χ0v) is 12.3. The first-order valence-corrected chi connectivity index (χ1v) is 7.68. The van der Waals surface area contributed by atoms with Gasteiger partial charge in [0.15, 0.2) is 0 Å². The summed E-state index contributed by atoms with van der Waals surface area (Å²) in [4.78, 5) is 0.0434. The molecule has 1 N–H and O–H groups in total. The monoisotopic (exact) mass is 311 g/mol. The van der Waals surface area contributed by atoms with Crippen molar-refractivity contribution in [3.05, 3.63) is 28.2 Å². The smallest absolute Gasteiger partial charge is 0.243 e. The van der Waals surface area contributed by atoms with E-state index in [1.807, 2.05) is 6.92 Å². The van der Waals surface area contributed by atoms with Gasteiger partial charge in [-0.15, -0.1) is 0 Å². The molecule has 0 aliphatic rings. The average molecular weight is 312 g/mol. The van der Waals surface area contributed by atoms with E-state index in [9.17, 15) is 8.42 Å². The van der Waals surface area contributed by atoms with Crippen LogP contribution >= 0.6 is 23.2 Å². The van der Waals surface area contributed by atoms with Gasteiger partial charge in [0.05, 0.1) is 11.5 Å². The highest BCUT2D eigenvalue weighted by Gasteiger charge is 2.23. The molecule has 0 aliphatic heterocycles. The Hall–Kier alpha value is -0.330. The lowest BCUT2D eigenvalue weighted by Crippen LogP contribution is -2.34. The Morgan fingerprint density at radius 2 is 1.72 bits per heavy atom. The van der Waals surface area contributed by atoms with Crippen LogP contribution in [-0.2, 0) is 10.0 Å². The van der Waals surface area contributed by atoms with Crippen molar-refractivity contribution < 1.29 is 13.5 Å². The van der Waals surface area contributed by atoms with Gasteiger partial charge >= 0.3 is 0 Å². The van der Waals surface area contributed by atoms with E-state index in [0.29, 0.717) is 13.0 Å². The molecule has 7 heteroatoms. The number of sulfonamides is 1. The van der Waals surface area contributed by atoms with E-state index in [4.69, 9.17) is 28.3 Å². The average Bonchev–Trinajstić information content (AvgIpc) is 2.27. The number of aliphatic hydroxyl groups is 1. The summed E-state index contributed by atoms with van der Waals surface area (Å²) >= 11 is 11.6. The van der Waals surface area contributed by atoms with Gasteiger partial charge in [-0.3, -0.25) is 0 Å². The predicted molar refractivity (Wildman–Crippen MR) is 72.6 cm³/mol. The Morgan fingerprint density at radius 3 is 2.17 bits per heavy atom. The van der Waals surface area contributed by atoms with Gasteiger partial charge in [-0.05, 0) is 24.6 Å². The standard InChI is InChI=1S/C11H15Cl2NO3S/c1-2-3-14(4-5-15)18(16,17)11-7-9(12)6-10(13)8-11/h6-8,15H,2-5H2,1H3. The van der Waals surface area contributed by atoms with Gasteiger partial charge in [0.25, 0.3) is 0 Å². The Kier molecular flexibility index (Phi) is 5.88. The summed E-state index contributed by atoms with van der Waals surface area (Å²) in [5.74, 6) is 0. The second-order valence-corrected chi connectivity index (χ2v) is 6.54. The minimum atomic E-state index is -3.67. The van der Waals surface area contributed by atoms with Crippen LogP contribution in [0.25, 0.3) is 0 Å². The summed E-state index contributed by atoms with van der Waals surface area (Å²) in [6.45, 7) is 2.03. The minimum absolute atomic E-state index is 0.0434. The normalized spacial score (nSPS) is 12.1. The SMILES string of the molecule is CCCN(CCO)S(=O)(=O)c1cc(Cl)cc(Cl)c1. The maximum atomic E-state index is 12.3. The quantitative estimate of drug-likeness (QED) is 0.877. The van der Waals surface area contributed by atoms with Gasteiger partial charge in [0, 0.05) is 23.1 Å². The fraction of sp³-hybridized carbons (Fsp3) is 0.455. The van der Waals surface area contributed by atoms with Crippen molar-refractivity contribution in [2.45, 2.75) is 18.2 Å². The van der Waals surface area contributed by atoms with Crippen molar-refractivity contribution in [2.24, 2.45) is 0 Å². The van der Waals surface area contributed by atoms with Crippen molar-refractivity contribution in [2.75, 3.05) is 19.7 Å². The Bertz CT molecular complexity index is 479. The molecule has 0 heterocycles. The molecule has 0 amide bonds. The fourth-order valence-corrected chi connectivity index (χ4v) is 3.79. The molecular weight excluding hydrogens is 297 g/mol. The lowest BCUT2D eigenvalue weighted by Gasteiger charge is -2.20. The second-order valence-electron chi connectivity index (χ2n) is 3.73. The van der Waals surface area contributed by atoms with Crippen LogP contribution in [0.1, 0.15) is 13.3 Å². The van der Waals surface area contributed by atoms with Crippen LogP contribution < -0.4 is 0 Å². The van der Waals surface area contributed by atoms with Gasteiger partial charge in [-0.1, -0.05) is 30.1 Å². The highest BCUT2D eigenvalue weighted by molar-refractivity contribution is 7.89. The summed E-state index contributed by atoms with van der Waals surface area (Å²) in [5.41, 5.74) is 0. The molecule has 0 aromatic heterocycles. The van der Waals surface area contributed by atoms with Crippen molar-refractivity contribution in [1.82, 2.24) is 4.31 Å². The number of rotatable bonds is 6. The third-order valence-corrected chi connectivity index (χ3v) is 4.61. The number of hydrogen-bond donors (Lipinski definition) is 1. The van der Waals surface area contributed by atoms with E-state index in [1.54, 1.807) is 0 Å². The van der Waals surface area contributed by atoms with Crippen LogP contribution in [0.15, 0.2) is 23.1 Å². The zero-order valence-electron chi connectivity index (χ0n) is 9.94. The molecule has 0 fully saturated rings. The largest absolute Gasteiger partial charge is 0.395 e. The number of nitrogens with zero attached hydrogens (tertiary/aromatic N) is 1. The predicted octanol–water partition coefficient (Wildman–Crippen LogP) is 2.39. The second kappa shape index (κ2) is 6.73. The van der Waals surface area contributed by atoms with Crippen molar-refractivity contribution in [1.29, 1.82) is 0 Å². The number of halogens is 2. The molecule has 18 heavy (non-hydrogen) atoms. The maximum Gasteiger partial charge on any atom is 0.243 e. The molecule has 0 atom stereocenters. The Labute approximate surface area is 117 Å². The maximum absolute atomic E-state index is 12.3.